The van der Waals surface area contributed by atoms with E-state index in [0.29, 0.717) is 44.1 Å². The van der Waals surface area contributed by atoms with Crippen LogP contribution in [0.3, 0.4) is 0 Å². The van der Waals surface area contributed by atoms with E-state index in [1.54, 1.807) is 47.4 Å². The molecule has 0 aliphatic carbocycles. The van der Waals surface area contributed by atoms with Crippen molar-refractivity contribution in [3.05, 3.63) is 42.9 Å². The van der Waals surface area contributed by atoms with Crippen molar-refractivity contribution in [2.24, 2.45) is 0 Å². The highest BCUT2D eigenvalue weighted by Gasteiger charge is 2.31. The first-order chi connectivity index (χ1) is 14.9. The molecule has 1 N–H and O–H groups in total. The van der Waals surface area contributed by atoms with Gasteiger partial charge in [-0.2, -0.15) is 16.5 Å². The molecule has 9 nitrogen and oxygen atoms in total. The van der Waals surface area contributed by atoms with Gasteiger partial charge in [0.2, 0.25) is 15.9 Å². The minimum atomic E-state index is -3.84. The van der Waals surface area contributed by atoms with E-state index in [0.717, 1.165) is 5.82 Å². The Morgan fingerprint density at radius 1 is 1.19 bits per heavy atom. The summed E-state index contributed by atoms with van der Waals surface area (Å²) in [5.74, 6) is 1.80. The molecule has 0 unspecified atom stereocenters. The number of carbonyl (C=O) groups excluding carboxylic acids is 1. The molecule has 1 fully saturated rings. The lowest BCUT2D eigenvalue weighted by Gasteiger charge is -2.36. The summed E-state index contributed by atoms with van der Waals surface area (Å²) in [4.78, 5) is 25.4. The molecule has 1 aliphatic rings. The number of sulfonamides is 1. The molecule has 1 aromatic heterocycles. The smallest absolute Gasteiger partial charge is 0.241 e. The molecule has 31 heavy (non-hydrogen) atoms. The van der Waals surface area contributed by atoms with Gasteiger partial charge >= 0.3 is 0 Å². The van der Waals surface area contributed by atoms with Gasteiger partial charge in [-0.25, -0.2) is 13.4 Å². The van der Waals surface area contributed by atoms with Gasteiger partial charge < -0.3 is 14.5 Å². The summed E-state index contributed by atoms with van der Waals surface area (Å²) in [6, 6.07) is 5.29. The van der Waals surface area contributed by atoms with E-state index in [1.807, 2.05) is 6.26 Å². The first kappa shape index (κ1) is 23.3. The molecule has 2 aromatic rings. The van der Waals surface area contributed by atoms with E-state index >= 15 is 0 Å². The van der Waals surface area contributed by atoms with Gasteiger partial charge in [0.05, 0.1) is 18.2 Å². The molecule has 0 radical (unpaired) electrons. The number of piperazine rings is 1. The number of ether oxygens (including phenoxy) is 1. The van der Waals surface area contributed by atoms with Crippen molar-refractivity contribution in [1.29, 1.82) is 0 Å². The first-order valence-corrected chi connectivity index (χ1v) is 12.8. The van der Waals surface area contributed by atoms with Crippen LogP contribution in [0.25, 0.3) is 0 Å². The Hall–Kier alpha value is -2.37. The first-order valence-electron chi connectivity index (χ1n) is 9.89. The Kier molecular flexibility index (Phi) is 8.10. The van der Waals surface area contributed by atoms with E-state index in [9.17, 15) is 13.2 Å². The van der Waals surface area contributed by atoms with Gasteiger partial charge in [0, 0.05) is 38.6 Å². The number of carbonyl (C=O) groups is 1. The fourth-order valence-corrected chi connectivity index (χ4v) is 5.00. The van der Waals surface area contributed by atoms with E-state index in [1.165, 1.54) is 19.2 Å². The number of benzene rings is 1. The highest BCUT2D eigenvalue weighted by Crippen LogP contribution is 2.18. The zero-order chi connectivity index (χ0) is 22.3. The van der Waals surface area contributed by atoms with E-state index in [2.05, 4.69) is 19.6 Å². The second-order valence-electron chi connectivity index (χ2n) is 7.01. The third-order valence-electron chi connectivity index (χ3n) is 5.04. The molecule has 3 rings (SSSR count). The quantitative estimate of drug-likeness (QED) is 0.590. The van der Waals surface area contributed by atoms with Crippen LogP contribution in [0.2, 0.25) is 0 Å². The summed E-state index contributed by atoms with van der Waals surface area (Å²) in [6.45, 7) is 2.22. The highest BCUT2D eigenvalue weighted by molar-refractivity contribution is 7.98. The van der Waals surface area contributed by atoms with Gasteiger partial charge in [-0.3, -0.25) is 9.78 Å². The highest BCUT2D eigenvalue weighted by atomic mass is 32.2. The molecule has 1 aromatic carbocycles. The largest absolute Gasteiger partial charge is 0.497 e. The fraction of sp³-hybridized carbons (Fsp3) is 0.450. The molecular formula is C20H27N5O4S2. The predicted molar refractivity (Wildman–Crippen MR) is 121 cm³/mol. The molecule has 0 bridgehead atoms. The monoisotopic (exact) mass is 465 g/mol. The fourth-order valence-electron chi connectivity index (χ4n) is 3.31. The lowest BCUT2D eigenvalue weighted by Crippen LogP contribution is -2.55. The number of anilines is 1. The molecule has 1 saturated heterocycles. The minimum absolute atomic E-state index is 0.0997. The molecule has 1 aliphatic heterocycles. The maximum Gasteiger partial charge on any atom is 0.241 e. The van der Waals surface area contributed by atoms with Crippen molar-refractivity contribution in [2.75, 3.05) is 50.2 Å². The van der Waals surface area contributed by atoms with Crippen LogP contribution in [0.4, 0.5) is 5.82 Å². The summed E-state index contributed by atoms with van der Waals surface area (Å²) < 4.78 is 33.4. The number of hydrogen-bond donors (Lipinski definition) is 1. The molecule has 1 atom stereocenters. The van der Waals surface area contributed by atoms with Crippen LogP contribution in [-0.4, -0.2) is 80.5 Å². The van der Waals surface area contributed by atoms with Crippen LogP contribution >= 0.6 is 11.8 Å². The standard InChI is InChI=1S/C20H27N5O4S2/c1-29-16-3-5-17(6-4-16)31(27,28)23-18(7-14-30-2)20(26)25-12-10-24(11-13-25)19-15-21-8-9-22-19/h3-6,8-9,15,18,23H,7,10-14H2,1-2H3/t18-/m1/s1. The maximum absolute atomic E-state index is 13.2. The summed E-state index contributed by atoms with van der Waals surface area (Å²) in [5.41, 5.74) is 0. The van der Waals surface area contributed by atoms with E-state index in [-0.39, 0.29) is 10.8 Å². The summed E-state index contributed by atoms with van der Waals surface area (Å²) in [6.07, 6.45) is 7.30. The maximum atomic E-state index is 13.2. The SMILES string of the molecule is COc1ccc(S(=O)(=O)N[C@H](CCSC)C(=O)N2CCN(c3cnccn3)CC2)cc1. The average Bonchev–Trinajstić information content (AvgIpc) is 2.82. The minimum Gasteiger partial charge on any atom is -0.497 e. The number of methoxy groups -OCH3 is 1. The Morgan fingerprint density at radius 2 is 1.90 bits per heavy atom. The zero-order valence-corrected chi connectivity index (χ0v) is 19.2. The molecule has 0 spiro atoms. The third-order valence-corrected chi connectivity index (χ3v) is 7.17. The average molecular weight is 466 g/mol. The molecule has 168 valence electrons. The zero-order valence-electron chi connectivity index (χ0n) is 17.6. The molecule has 1 amide bonds. The summed E-state index contributed by atoms with van der Waals surface area (Å²) >= 11 is 1.57. The Balaban J connectivity index is 1.67. The number of nitrogens with zero attached hydrogens (tertiary/aromatic N) is 4. The molecule has 0 saturated carbocycles. The van der Waals surface area contributed by atoms with Crippen LogP contribution < -0.4 is 14.4 Å². The number of thioether (sulfide) groups is 1. The number of rotatable bonds is 9. The Bertz CT molecular complexity index is 949. The van der Waals surface area contributed by atoms with Crippen molar-refractivity contribution in [1.82, 2.24) is 19.6 Å². The van der Waals surface area contributed by atoms with E-state index < -0.39 is 16.1 Å². The van der Waals surface area contributed by atoms with Crippen LogP contribution in [0.15, 0.2) is 47.8 Å². The Labute approximate surface area is 187 Å². The number of hydrogen-bond acceptors (Lipinski definition) is 8. The van der Waals surface area contributed by atoms with Crippen molar-refractivity contribution in [3.63, 3.8) is 0 Å². The van der Waals surface area contributed by atoms with Gasteiger partial charge in [-0.1, -0.05) is 0 Å². The van der Waals surface area contributed by atoms with Crippen LogP contribution in [0.5, 0.6) is 5.75 Å². The number of amides is 1. The number of aromatic nitrogens is 2. The summed E-state index contributed by atoms with van der Waals surface area (Å²) in [7, 11) is -2.33. The van der Waals surface area contributed by atoms with Crippen LogP contribution in [-0.2, 0) is 14.8 Å². The van der Waals surface area contributed by atoms with Gasteiger partial charge in [0.1, 0.15) is 17.6 Å². The van der Waals surface area contributed by atoms with Crippen molar-refractivity contribution in [3.8, 4) is 5.75 Å². The van der Waals surface area contributed by atoms with Gasteiger partial charge in [0.25, 0.3) is 0 Å². The topological polar surface area (TPSA) is 105 Å². The lowest BCUT2D eigenvalue weighted by atomic mass is 10.2. The normalized spacial score (nSPS) is 15.5. The molecule has 11 heteroatoms. The lowest BCUT2D eigenvalue weighted by molar-refractivity contribution is -0.133. The van der Waals surface area contributed by atoms with Gasteiger partial charge in [0.15, 0.2) is 0 Å². The van der Waals surface area contributed by atoms with Crippen LogP contribution in [0.1, 0.15) is 6.42 Å². The predicted octanol–water partition coefficient (Wildman–Crippen LogP) is 1.23. The Morgan fingerprint density at radius 3 is 2.48 bits per heavy atom. The van der Waals surface area contributed by atoms with Crippen molar-refractivity contribution in [2.45, 2.75) is 17.4 Å². The van der Waals surface area contributed by atoms with Gasteiger partial charge in [-0.05, 0) is 42.7 Å². The second kappa shape index (κ2) is 10.8. The van der Waals surface area contributed by atoms with Gasteiger partial charge in [-0.15, -0.1) is 0 Å². The number of nitrogens with one attached hydrogen (secondary N) is 1. The summed E-state index contributed by atoms with van der Waals surface area (Å²) in [5, 5.41) is 0. The van der Waals surface area contributed by atoms with Crippen molar-refractivity contribution < 1.29 is 17.9 Å². The second-order valence-corrected chi connectivity index (χ2v) is 9.71. The molecule has 2 heterocycles. The van der Waals surface area contributed by atoms with Crippen molar-refractivity contribution >= 4 is 33.5 Å². The van der Waals surface area contributed by atoms with Crippen LogP contribution in [0, 0.1) is 0 Å². The van der Waals surface area contributed by atoms with E-state index in [4.69, 9.17) is 4.74 Å². The molecular weight excluding hydrogens is 438 g/mol. The third kappa shape index (κ3) is 6.08.